The fourth-order valence-electron chi connectivity index (χ4n) is 6.27. The maximum Gasteiger partial charge on any atom is 0.167 e. The Hall–Kier alpha value is -6.46. The van der Waals surface area contributed by atoms with E-state index in [1.54, 1.807) is 0 Å². The van der Waals surface area contributed by atoms with Crippen LogP contribution in [-0.2, 0) is 0 Å². The smallest absolute Gasteiger partial charge is 0.167 e. The van der Waals surface area contributed by atoms with Crippen molar-refractivity contribution in [2.24, 2.45) is 0 Å². The predicted octanol–water partition coefficient (Wildman–Crippen LogP) is 10.7. The van der Waals surface area contributed by atoms with Crippen LogP contribution >= 0.6 is 0 Å². The fourth-order valence-corrected chi connectivity index (χ4v) is 6.27. The molecule has 6 aromatic carbocycles. The van der Waals surface area contributed by atoms with Gasteiger partial charge in [0.15, 0.2) is 17.5 Å². The van der Waals surface area contributed by atoms with Crippen LogP contribution in [0.25, 0.3) is 89.3 Å². The van der Waals surface area contributed by atoms with E-state index in [0.717, 1.165) is 71.8 Å². The Morgan fingerprint density at radius 3 is 1.79 bits per heavy atom. The molecule has 9 aromatic rings. The summed E-state index contributed by atoms with van der Waals surface area (Å²) in [6.45, 7) is 0. The third kappa shape index (κ3) is 4.82. The van der Waals surface area contributed by atoms with Crippen LogP contribution in [-0.4, -0.2) is 19.9 Å². The first-order valence-corrected chi connectivity index (χ1v) is 15.6. The molecule has 0 radical (unpaired) electrons. The van der Waals surface area contributed by atoms with Gasteiger partial charge in [-0.25, -0.2) is 15.0 Å². The van der Waals surface area contributed by atoms with Gasteiger partial charge >= 0.3 is 0 Å². The zero-order valence-corrected chi connectivity index (χ0v) is 25.2. The van der Waals surface area contributed by atoms with Gasteiger partial charge in [0.05, 0.1) is 11.1 Å². The van der Waals surface area contributed by atoms with Gasteiger partial charge < -0.3 is 4.42 Å². The molecule has 0 saturated heterocycles. The maximum absolute atomic E-state index is 6.53. The predicted molar refractivity (Wildman–Crippen MR) is 190 cm³/mol. The van der Waals surface area contributed by atoms with Gasteiger partial charge in [-0.1, -0.05) is 127 Å². The van der Waals surface area contributed by atoms with Crippen LogP contribution in [0.1, 0.15) is 0 Å². The molecular formula is C42H26N4O. The molecule has 0 aliphatic carbocycles. The van der Waals surface area contributed by atoms with E-state index in [9.17, 15) is 0 Å². The van der Waals surface area contributed by atoms with Crippen LogP contribution in [0, 0.1) is 0 Å². The average Bonchev–Trinajstić information content (AvgIpc) is 3.53. The van der Waals surface area contributed by atoms with Gasteiger partial charge in [0.1, 0.15) is 11.2 Å². The summed E-state index contributed by atoms with van der Waals surface area (Å²) in [4.78, 5) is 19.7. The largest absolute Gasteiger partial charge is 0.455 e. The van der Waals surface area contributed by atoms with Crippen molar-refractivity contribution in [2.75, 3.05) is 0 Å². The highest BCUT2D eigenvalue weighted by molar-refractivity contribution is 6.11. The summed E-state index contributed by atoms with van der Waals surface area (Å²) in [6.07, 6.45) is 1.85. The number of benzene rings is 6. The maximum atomic E-state index is 6.53. The zero-order valence-electron chi connectivity index (χ0n) is 25.2. The molecule has 0 N–H and O–H groups in total. The van der Waals surface area contributed by atoms with Crippen LogP contribution in [0.4, 0.5) is 0 Å². The highest BCUT2D eigenvalue weighted by Gasteiger charge is 2.19. The molecule has 0 fully saturated rings. The van der Waals surface area contributed by atoms with Crippen LogP contribution in [0.15, 0.2) is 162 Å². The number of fused-ring (bicyclic) bond motifs is 4. The lowest BCUT2D eigenvalue weighted by atomic mass is 9.96. The Bertz CT molecular complexity index is 2500. The topological polar surface area (TPSA) is 64.7 Å². The van der Waals surface area contributed by atoms with Gasteiger partial charge in [-0.2, -0.15) is 0 Å². The Morgan fingerprint density at radius 2 is 1.04 bits per heavy atom. The first-order chi connectivity index (χ1) is 23.3. The lowest BCUT2D eigenvalue weighted by Gasteiger charge is -2.11. The Labute approximate surface area is 270 Å². The van der Waals surface area contributed by atoms with E-state index in [2.05, 4.69) is 71.7 Å². The molecule has 0 saturated carbocycles. The van der Waals surface area contributed by atoms with E-state index >= 15 is 0 Å². The van der Waals surface area contributed by atoms with Crippen molar-refractivity contribution >= 4 is 32.8 Å². The average molecular weight is 603 g/mol. The van der Waals surface area contributed by atoms with Crippen LogP contribution in [0.5, 0.6) is 0 Å². The molecule has 220 valence electrons. The summed E-state index contributed by atoms with van der Waals surface area (Å²) >= 11 is 0. The normalized spacial score (nSPS) is 11.4. The molecule has 5 heteroatoms. The first kappa shape index (κ1) is 26.9. The number of hydrogen-bond acceptors (Lipinski definition) is 5. The SMILES string of the molecule is c1ccc(-c2nc(-c3ccccc3)nc(-c3cc(-c4ccc(-c5cccc6cccnc56)cc4)cc4c3oc3ccccc34)n2)cc1. The minimum absolute atomic E-state index is 0.557. The van der Waals surface area contributed by atoms with Crippen molar-refractivity contribution in [3.05, 3.63) is 158 Å². The van der Waals surface area contributed by atoms with Crippen molar-refractivity contribution in [1.29, 1.82) is 0 Å². The summed E-state index contributed by atoms with van der Waals surface area (Å²) < 4.78 is 6.53. The van der Waals surface area contributed by atoms with Crippen LogP contribution in [0.2, 0.25) is 0 Å². The number of furan rings is 1. The van der Waals surface area contributed by atoms with Crippen LogP contribution in [0.3, 0.4) is 0 Å². The lowest BCUT2D eigenvalue weighted by Crippen LogP contribution is -2.00. The molecule has 0 unspecified atom stereocenters. The Kier molecular flexibility index (Phi) is 6.39. The highest BCUT2D eigenvalue weighted by atomic mass is 16.3. The second-order valence-electron chi connectivity index (χ2n) is 11.5. The van der Waals surface area contributed by atoms with Crippen molar-refractivity contribution in [3.63, 3.8) is 0 Å². The first-order valence-electron chi connectivity index (χ1n) is 15.6. The molecule has 3 aromatic heterocycles. The molecule has 0 aliphatic rings. The third-order valence-corrected chi connectivity index (χ3v) is 8.58. The number of hydrogen-bond donors (Lipinski definition) is 0. The number of rotatable bonds is 5. The molecule has 3 heterocycles. The summed E-state index contributed by atoms with van der Waals surface area (Å²) in [6, 6.07) is 51.6. The molecular weight excluding hydrogens is 576 g/mol. The van der Waals surface area contributed by atoms with Crippen molar-refractivity contribution in [3.8, 4) is 56.4 Å². The van der Waals surface area contributed by atoms with Gasteiger partial charge in [0.2, 0.25) is 0 Å². The fraction of sp³-hybridized carbons (Fsp3) is 0. The number of nitrogens with zero attached hydrogens (tertiary/aromatic N) is 4. The Balaban J connectivity index is 1.25. The lowest BCUT2D eigenvalue weighted by molar-refractivity contribution is 0.669. The summed E-state index contributed by atoms with van der Waals surface area (Å²) in [5.41, 5.74) is 9.57. The minimum atomic E-state index is 0.557. The van der Waals surface area contributed by atoms with E-state index in [1.807, 2.05) is 91.1 Å². The van der Waals surface area contributed by atoms with Gasteiger partial charge in [-0.05, 0) is 41.0 Å². The molecule has 0 spiro atoms. The van der Waals surface area contributed by atoms with E-state index in [0.29, 0.717) is 17.5 Å². The van der Waals surface area contributed by atoms with E-state index in [1.165, 1.54) is 0 Å². The monoisotopic (exact) mass is 602 g/mol. The molecule has 9 rings (SSSR count). The molecule has 0 bridgehead atoms. The Morgan fingerprint density at radius 1 is 0.404 bits per heavy atom. The minimum Gasteiger partial charge on any atom is -0.455 e. The second-order valence-corrected chi connectivity index (χ2v) is 11.5. The molecule has 0 aliphatic heterocycles. The molecule has 0 amide bonds. The highest BCUT2D eigenvalue weighted by Crippen LogP contribution is 2.40. The summed E-state index contributed by atoms with van der Waals surface area (Å²) in [5, 5.41) is 3.18. The van der Waals surface area contributed by atoms with Crippen LogP contribution < -0.4 is 0 Å². The summed E-state index contributed by atoms with van der Waals surface area (Å²) in [5.74, 6) is 1.77. The number of aromatic nitrogens is 4. The standard InChI is InChI=1S/C42H26N4O/c1-3-11-30(12-4-1)40-44-41(31-13-5-2-6-14-31)46-42(45-40)36-26-32(25-35-34-17-7-8-19-37(34)47-39(35)36)27-20-22-28(23-21-27)33-18-9-15-29-16-10-24-43-38(29)33/h1-26H. The quantitative estimate of drug-likeness (QED) is 0.196. The molecule has 47 heavy (non-hydrogen) atoms. The third-order valence-electron chi connectivity index (χ3n) is 8.58. The van der Waals surface area contributed by atoms with E-state index < -0.39 is 0 Å². The van der Waals surface area contributed by atoms with Gasteiger partial charge in [-0.3, -0.25) is 4.98 Å². The van der Waals surface area contributed by atoms with Crippen molar-refractivity contribution in [1.82, 2.24) is 19.9 Å². The number of pyridine rings is 1. The van der Waals surface area contributed by atoms with Crippen molar-refractivity contribution < 1.29 is 4.42 Å². The number of para-hydroxylation sites is 2. The van der Waals surface area contributed by atoms with E-state index in [-0.39, 0.29) is 0 Å². The van der Waals surface area contributed by atoms with E-state index in [4.69, 9.17) is 19.4 Å². The summed E-state index contributed by atoms with van der Waals surface area (Å²) in [7, 11) is 0. The molecule has 5 nitrogen and oxygen atoms in total. The van der Waals surface area contributed by atoms with Gasteiger partial charge in [-0.15, -0.1) is 0 Å². The van der Waals surface area contributed by atoms with Crippen molar-refractivity contribution in [2.45, 2.75) is 0 Å². The zero-order chi connectivity index (χ0) is 31.2. The van der Waals surface area contributed by atoms with Gasteiger partial charge in [0, 0.05) is 39.0 Å². The van der Waals surface area contributed by atoms with Gasteiger partial charge in [0.25, 0.3) is 0 Å². The second kappa shape index (κ2) is 11.2. The molecule has 0 atom stereocenters.